The van der Waals surface area contributed by atoms with Crippen LogP contribution in [0.3, 0.4) is 0 Å². The van der Waals surface area contributed by atoms with Crippen molar-refractivity contribution in [2.45, 2.75) is 18.5 Å². The van der Waals surface area contributed by atoms with E-state index in [2.05, 4.69) is 10.6 Å². The van der Waals surface area contributed by atoms with E-state index >= 15 is 0 Å². The van der Waals surface area contributed by atoms with Crippen LogP contribution in [0.1, 0.15) is 33.6 Å². The maximum absolute atomic E-state index is 13.0. The summed E-state index contributed by atoms with van der Waals surface area (Å²) in [7, 11) is 0. The summed E-state index contributed by atoms with van der Waals surface area (Å²) in [4.78, 5) is 27.4. The van der Waals surface area contributed by atoms with Gasteiger partial charge in [0, 0.05) is 37.2 Å². The van der Waals surface area contributed by atoms with Crippen LogP contribution in [0.5, 0.6) is 0 Å². The fraction of sp³-hybridized carbons (Fsp3) is 0.217. The first-order valence-electron chi connectivity index (χ1n) is 9.61. The van der Waals surface area contributed by atoms with Crippen LogP contribution in [0.4, 0.5) is 5.69 Å². The number of fused-ring (bicyclic) bond motifs is 2. The van der Waals surface area contributed by atoms with E-state index in [9.17, 15) is 9.59 Å². The number of piperidine rings is 1. The van der Waals surface area contributed by atoms with Gasteiger partial charge in [-0.15, -0.1) is 0 Å². The lowest BCUT2D eigenvalue weighted by atomic mass is 9.92. The van der Waals surface area contributed by atoms with Crippen LogP contribution < -0.4 is 10.6 Å². The third-order valence-corrected chi connectivity index (χ3v) is 5.80. The van der Waals surface area contributed by atoms with Gasteiger partial charge < -0.3 is 15.5 Å². The lowest BCUT2D eigenvalue weighted by Gasteiger charge is -2.45. The number of nitrogens with zero attached hydrogens (tertiary/aromatic N) is 1. The highest BCUT2D eigenvalue weighted by Crippen LogP contribution is 2.31. The molecular formula is C23H21N3O2. The van der Waals surface area contributed by atoms with Crippen molar-refractivity contribution in [2.75, 3.05) is 18.4 Å². The summed E-state index contributed by atoms with van der Waals surface area (Å²) in [5.41, 5.74) is 1.76. The van der Waals surface area contributed by atoms with E-state index in [-0.39, 0.29) is 11.8 Å². The van der Waals surface area contributed by atoms with Gasteiger partial charge in [0.15, 0.2) is 0 Å². The largest absolute Gasteiger partial charge is 0.362 e. The van der Waals surface area contributed by atoms with Crippen molar-refractivity contribution in [1.82, 2.24) is 10.2 Å². The standard InChI is InChI=1S/C23H21N3O2/c27-21-19-7-3-4-8-20(19)24-23(25-21)11-13-26(14-12-23)22(28)18-10-9-16-5-1-2-6-17(16)15-18/h1-10,15,24H,11-14H2,(H,25,27). The molecule has 1 saturated heterocycles. The number of amides is 2. The Hall–Kier alpha value is -3.34. The van der Waals surface area contributed by atoms with Crippen LogP contribution in [0.25, 0.3) is 10.8 Å². The van der Waals surface area contributed by atoms with E-state index in [1.807, 2.05) is 71.6 Å². The minimum absolute atomic E-state index is 0.0446. The van der Waals surface area contributed by atoms with Gasteiger partial charge in [-0.2, -0.15) is 0 Å². The molecule has 0 bridgehead atoms. The molecule has 1 fully saturated rings. The molecule has 2 aliphatic rings. The number of hydrogen-bond donors (Lipinski definition) is 2. The molecule has 5 rings (SSSR count). The number of nitrogens with one attached hydrogen (secondary N) is 2. The predicted octanol–water partition coefficient (Wildman–Crippen LogP) is 3.63. The van der Waals surface area contributed by atoms with Gasteiger partial charge in [0.05, 0.1) is 5.56 Å². The first-order valence-corrected chi connectivity index (χ1v) is 9.61. The Morgan fingerprint density at radius 3 is 2.39 bits per heavy atom. The Bertz CT molecular complexity index is 1080. The molecule has 140 valence electrons. The van der Waals surface area contributed by atoms with Crippen molar-refractivity contribution in [3.8, 4) is 0 Å². The van der Waals surface area contributed by atoms with Crippen molar-refractivity contribution < 1.29 is 9.59 Å². The van der Waals surface area contributed by atoms with Crippen LogP contribution >= 0.6 is 0 Å². The van der Waals surface area contributed by atoms with E-state index < -0.39 is 5.66 Å². The lowest BCUT2D eigenvalue weighted by molar-refractivity contribution is 0.0640. The molecule has 1 spiro atoms. The Balaban J connectivity index is 1.33. The molecule has 0 unspecified atom stereocenters. The summed E-state index contributed by atoms with van der Waals surface area (Å²) in [5.74, 6) is -0.00760. The van der Waals surface area contributed by atoms with Crippen LogP contribution in [0.2, 0.25) is 0 Å². The summed E-state index contributed by atoms with van der Waals surface area (Å²) < 4.78 is 0. The zero-order chi connectivity index (χ0) is 19.1. The zero-order valence-electron chi connectivity index (χ0n) is 15.4. The highest BCUT2D eigenvalue weighted by Gasteiger charge is 2.40. The fourth-order valence-corrected chi connectivity index (χ4v) is 4.21. The van der Waals surface area contributed by atoms with Gasteiger partial charge in [-0.3, -0.25) is 9.59 Å². The molecule has 0 atom stereocenters. The molecule has 3 aromatic carbocycles. The molecule has 5 heteroatoms. The van der Waals surface area contributed by atoms with Gasteiger partial charge in [-0.1, -0.05) is 42.5 Å². The minimum Gasteiger partial charge on any atom is -0.362 e. The smallest absolute Gasteiger partial charge is 0.255 e. The topological polar surface area (TPSA) is 61.4 Å². The second kappa shape index (κ2) is 6.37. The lowest BCUT2D eigenvalue weighted by Crippen LogP contribution is -2.62. The quantitative estimate of drug-likeness (QED) is 0.687. The Morgan fingerprint density at radius 1 is 0.857 bits per heavy atom. The van der Waals surface area contributed by atoms with Crippen molar-refractivity contribution in [2.24, 2.45) is 0 Å². The van der Waals surface area contributed by atoms with E-state index in [1.54, 1.807) is 0 Å². The molecule has 2 N–H and O–H groups in total. The average Bonchev–Trinajstić information content (AvgIpc) is 2.73. The molecule has 5 nitrogen and oxygen atoms in total. The van der Waals surface area contributed by atoms with Gasteiger partial charge in [0.2, 0.25) is 0 Å². The number of carbonyl (C=O) groups excluding carboxylic acids is 2. The third kappa shape index (κ3) is 2.80. The summed E-state index contributed by atoms with van der Waals surface area (Å²) in [5, 5.41) is 8.82. The number of rotatable bonds is 1. The van der Waals surface area contributed by atoms with Crippen LogP contribution in [-0.4, -0.2) is 35.5 Å². The van der Waals surface area contributed by atoms with E-state index in [4.69, 9.17) is 0 Å². The van der Waals surface area contributed by atoms with Crippen LogP contribution in [0.15, 0.2) is 66.7 Å². The van der Waals surface area contributed by atoms with Crippen molar-refractivity contribution in [1.29, 1.82) is 0 Å². The molecule has 2 amide bonds. The summed E-state index contributed by atoms with van der Waals surface area (Å²) >= 11 is 0. The summed E-state index contributed by atoms with van der Waals surface area (Å²) in [6, 6.07) is 21.4. The van der Waals surface area contributed by atoms with Crippen LogP contribution in [-0.2, 0) is 0 Å². The highest BCUT2D eigenvalue weighted by molar-refractivity contribution is 6.02. The Morgan fingerprint density at radius 2 is 1.57 bits per heavy atom. The summed E-state index contributed by atoms with van der Waals surface area (Å²) in [6.45, 7) is 1.20. The monoisotopic (exact) mass is 371 g/mol. The van der Waals surface area contributed by atoms with Crippen LogP contribution in [0, 0.1) is 0 Å². The molecule has 3 aromatic rings. The van der Waals surface area contributed by atoms with Gasteiger partial charge in [-0.25, -0.2) is 0 Å². The van der Waals surface area contributed by atoms with Crippen molar-refractivity contribution in [3.63, 3.8) is 0 Å². The average molecular weight is 371 g/mol. The second-order valence-corrected chi connectivity index (χ2v) is 7.56. The number of para-hydroxylation sites is 1. The molecule has 2 aliphatic heterocycles. The number of anilines is 1. The molecular weight excluding hydrogens is 350 g/mol. The molecule has 0 aromatic heterocycles. The highest BCUT2D eigenvalue weighted by atomic mass is 16.2. The second-order valence-electron chi connectivity index (χ2n) is 7.56. The summed E-state index contributed by atoms with van der Waals surface area (Å²) in [6.07, 6.45) is 1.35. The first kappa shape index (κ1) is 16.8. The van der Waals surface area contributed by atoms with Crippen molar-refractivity contribution >= 4 is 28.3 Å². The number of carbonyl (C=O) groups is 2. The first-order chi connectivity index (χ1) is 13.6. The predicted molar refractivity (Wildman–Crippen MR) is 109 cm³/mol. The fourth-order valence-electron chi connectivity index (χ4n) is 4.21. The molecule has 0 saturated carbocycles. The third-order valence-electron chi connectivity index (χ3n) is 5.80. The van der Waals surface area contributed by atoms with Crippen molar-refractivity contribution in [3.05, 3.63) is 77.9 Å². The van der Waals surface area contributed by atoms with E-state index in [1.165, 1.54) is 0 Å². The molecule has 0 aliphatic carbocycles. The normalized spacial score (nSPS) is 17.7. The Labute approximate surface area is 163 Å². The SMILES string of the molecule is O=C1NC2(CCN(C(=O)c3ccc4ccccc4c3)CC2)Nc2ccccc21. The minimum atomic E-state index is -0.481. The Kier molecular flexibility index (Phi) is 3.83. The number of benzene rings is 3. The zero-order valence-corrected chi connectivity index (χ0v) is 15.4. The number of hydrogen-bond acceptors (Lipinski definition) is 3. The van der Waals surface area contributed by atoms with Gasteiger partial charge in [-0.05, 0) is 35.0 Å². The maximum atomic E-state index is 13.0. The van der Waals surface area contributed by atoms with E-state index in [0.717, 1.165) is 16.5 Å². The van der Waals surface area contributed by atoms with Gasteiger partial charge in [0.1, 0.15) is 5.66 Å². The van der Waals surface area contributed by atoms with E-state index in [0.29, 0.717) is 37.1 Å². The van der Waals surface area contributed by atoms with Gasteiger partial charge >= 0.3 is 0 Å². The molecule has 2 heterocycles. The maximum Gasteiger partial charge on any atom is 0.255 e. The van der Waals surface area contributed by atoms with Gasteiger partial charge in [0.25, 0.3) is 11.8 Å². The molecule has 28 heavy (non-hydrogen) atoms. The molecule has 0 radical (unpaired) electrons. The number of likely N-dealkylation sites (tertiary alicyclic amines) is 1.